The quantitative estimate of drug-likeness (QED) is 0.409. The molecule has 0 spiro atoms. The molecule has 9 heavy (non-hydrogen) atoms. The van der Waals surface area contributed by atoms with Crippen LogP contribution in [0.4, 0.5) is 0 Å². The topological polar surface area (TPSA) is 6.48 Å². The third-order valence-corrected chi connectivity index (χ3v) is 1.88. The monoisotopic (exact) mass is 124 g/mol. The fourth-order valence-corrected chi connectivity index (χ4v) is 1.15. The van der Waals surface area contributed by atoms with Gasteiger partial charge in [-0.15, -0.1) is 0 Å². The molecule has 1 fully saturated rings. The molecule has 1 heterocycles. The smallest absolute Gasteiger partial charge is 0.182 e. The van der Waals surface area contributed by atoms with Crippen molar-refractivity contribution in [3.05, 3.63) is 0 Å². The lowest BCUT2D eigenvalue weighted by atomic mass is 10.1. The van der Waals surface area contributed by atoms with Crippen LogP contribution < -0.4 is 0 Å². The van der Waals surface area contributed by atoms with Gasteiger partial charge >= 0.3 is 0 Å². The van der Waals surface area contributed by atoms with E-state index in [1.54, 1.807) is 0 Å². The SMILES string of the molecule is [B]N1CCN(C)CC1C. The van der Waals surface area contributed by atoms with Gasteiger partial charge in [-0.3, -0.25) is 0 Å². The van der Waals surface area contributed by atoms with Crippen molar-refractivity contribution in [1.29, 1.82) is 0 Å². The van der Waals surface area contributed by atoms with Gasteiger partial charge in [-0.1, -0.05) is 0 Å². The summed E-state index contributed by atoms with van der Waals surface area (Å²) in [7, 11) is 7.78. The van der Waals surface area contributed by atoms with E-state index < -0.39 is 0 Å². The van der Waals surface area contributed by atoms with Gasteiger partial charge < -0.3 is 9.71 Å². The highest BCUT2D eigenvalue weighted by Gasteiger charge is 2.16. The second-order valence-electron chi connectivity index (χ2n) is 2.85. The summed E-state index contributed by atoms with van der Waals surface area (Å²) in [5.41, 5.74) is 0. The molecule has 1 atom stereocenters. The van der Waals surface area contributed by atoms with Crippen LogP contribution in [0, 0.1) is 0 Å². The van der Waals surface area contributed by atoms with Crippen LogP contribution in [-0.2, 0) is 0 Å². The minimum atomic E-state index is 0.517. The van der Waals surface area contributed by atoms with E-state index in [2.05, 4.69) is 18.9 Å². The maximum Gasteiger partial charge on any atom is 0.182 e. The highest BCUT2D eigenvalue weighted by Crippen LogP contribution is 2.02. The van der Waals surface area contributed by atoms with Gasteiger partial charge in [0.15, 0.2) is 7.98 Å². The van der Waals surface area contributed by atoms with Crippen LogP contribution in [-0.4, -0.2) is 50.4 Å². The van der Waals surface area contributed by atoms with Gasteiger partial charge in [0.2, 0.25) is 0 Å². The zero-order chi connectivity index (χ0) is 6.85. The third-order valence-electron chi connectivity index (χ3n) is 1.88. The Morgan fingerprint density at radius 3 is 2.56 bits per heavy atom. The molecule has 1 aliphatic rings. The highest BCUT2D eigenvalue weighted by molar-refractivity contribution is 6.04. The minimum Gasteiger partial charge on any atom is -0.349 e. The second-order valence-corrected chi connectivity index (χ2v) is 2.85. The van der Waals surface area contributed by atoms with Gasteiger partial charge in [0, 0.05) is 19.1 Å². The molecule has 1 rings (SSSR count). The number of nitrogens with zero attached hydrogens (tertiary/aromatic N) is 2. The second kappa shape index (κ2) is 2.71. The first-order valence-electron chi connectivity index (χ1n) is 3.40. The van der Waals surface area contributed by atoms with Crippen molar-refractivity contribution in [3.8, 4) is 0 Å². The van der Waals surface area contributed by atoms with Gasteiger partial charge in [-0.05, 0) is 20.5 Å². The molecule has 0 aromatic carbocycles. The van der Waals surface area contributed by atoms with E-state index in [9.17, 15) is 0 Å². The standard InChI is InChI=1S/C6H13BN2/c1-6-5-8(2)3-4-9(6)7/h6H,3-5H2,1-2H3. The predicted octanol–water partition coefficient (Wildman–Crippen LogP) is -0.294. The number of likely N-dealkylation sites (N-methyl/N-ethyl adjacent to an activating group) is 1. The molecule has 0 saturated carbocycles. The molecule has 2 radical (unpaired) electrons. The van der Waals surface area contributed by atoms with Crippen LogP contribution in [0.15, 0.2) is 0 Å². The first kappa shape index (κ1) is 7.10. The Hall–Kier alpha value is -0.0151. The number of hydrogen-bond acceptors (Lipinski definition) is 2. The lowest BCUT2D eigenvalue weighted by molar-refractivity contribution is 0.174. The van der Waals surface area contributed by atoms with Gasteiger partial charge in [0.25, 0.3) is 0 Å². The Kier molecular flexibility index (Phi) is 2.14. The number of piperazine rings is 1. The van der Waals surface area contributed by atoms with Crippen LogP contribution in [0.3, 0.4) is 0 Å². The molecular weight excluding hydrogens is 111 g/mol. The summed E-state index contributed by atoms with van der Waals surface area (Å²) in [5.74, 6) is 0. The van der Waals surface area contributed by atoms with Crippen LogP contribution in [0.5, 0.6) is 0 Å². The fourth-order valence-electron chi connectivity index (χ4n) is 1.15. The van der Waals surface area contributed by atoms with Gasteiger partial charge in [0.05, 0.1) is 0 Å². The summed E-state index contributed by atoms with van der Waals surface area (Å²) in [5, 5.41) is 0. The van der Waals surface area contributed by atoms with Crippen LogP contribution in [0.25, 0.3) is 0 Å². The summed E-state index contributed by atoms with van der Waals surface area (Å²) in [6.07, 6.45) is 0. The summed E-state index contributed by atoms with van der Waals surface area (Å²) in [6.45, 7) is 5.34. The minimum absolute atomic E-state index is 0.517. The summed E-state index contributed by atoms with van der Waals surface area (Å²) < 4.78 is 0. The van der Waals surface area contributed by atoms with Gasteiger partial charge in [0.1, 0.15) is 0 Å². The zero-order valence-electron chi connectivity index (χ0n) is 6.17. The van der Waals surface area contributed by atoms with E-state index in [0.717, 1.165) is 19.6 Å². The van der Waals surface area contributed by atoms with E-state index in [-0.39, 0.29) is 0 Å². The van der Waals surface area contributed by atoms with Crippen molar-refractivity contribution < 1.29 is 0 Å². The summed E-state index contributed by atoms with van der Waals surface area (Å²) >= 11 is 0. The lowest BCUT2D eigenvalue weighted by Gasteiger charge is -2.36. The van der Waals surface area contributed by atoms with Crippen LogP contribution >= 0.6 is 0 Å². The zero-order valence-corrected chi connectivity index (χ0v) is 6.17. The van der Waals surface area contributed by atoms with Gasteiger partial charge in [-0.25, -0.2) is 0 Å². The average Bonchev–Trinajstić information content (AvgIpc) is 1.80. The van der Waals surface area contributed by atoms with Crippen molar-refractivity contribution in [3.63, 3.8) is 0 Å². The normalized spacial score (nSPS) is 32.9. The van der Waals surface area contributed by atoms with E-state index in [1.165, 1.54) is 0 Å². The largest absolute Gasteiger partial charge is 0.349 e. The maximum absolute atomic E-state index is 5.65. The molecule has 3 heteroatoms. The molecule has 2 nitrogen and oxygen atoms in total. The Balaban J connectivity index is 2.35. The van der Waals surface area contributed by atoms with Crippen molar-refractivity contribution in [2.75, 3.05) is 26.7 Å². The molecule has 0 aliphatic carbocycles. The molecule has 1 unspecified atom stereocenters. The summed E-state index contributed by atoms with van der Waals surface area (Å²) in [6, 6.07) is 0.517. The van der Waals surface area contributed by atoms with Crippen molar-refractivity contribution in [1.82, 2.24) is 9.71 Å². The predicted molar refractivity (Wildman–Crippen MR) is 39.4 cm³/mol. The molecule has 0 N–H and O–H groups in total. The van der Waals surface area contributed by atoms with E-state index >= 15 is 0 Å². The molecule has 1 saturated heterocycles. The van der Waals surface area contributed by atoms with Crippen molar-refractivity contribution in [2.45, 2.75) is 13.0 Å². The van der Waals surface area contributed by atoms with Crippen molar-refractivity contribution in [2.24, 2.45) is 0 Å². The molecule has 1 aliphatic heterocycles. The highest BCUT2D eigenvalue weighted by atomic mass is 15.2. The third kappa shape index (κ3) is 1.70. The van der Waals surface area contributed by atoms with E-state index in [4.69, 9.17) is 7.98 Å². The molecule has 0 amide bonds. The maximum atomic E-state index is 5.65. The Labute approximate surface area is 58.3 Å². The first-order valence-corrected chi connectivity index (χ1v) is 3.40. The van der Waals surface area contributed by atoms with Gasteiger partial charge in [-0.2, -0.15) is 0 Å². The molecule has 0 aromatic heterocycles. The van der Waals surface area contributed by atoms with Crippen molar-refractivity contribution >= 4 is 7.98 Å². The Morgan fingerprint density at radius 2 is 2.11 bits per heavy atom. The van der Waals surface area contributed by atoms with E-state index in [0.29, 0.717) is 6.04 Å². The Bertz CT molecular complexity index is 97.1. The molecule has 0 bridgehead atoms. The summed E-state index contributed by atoms with van der Waals surface area (Å²) in [4.78, 5) is 4.20. The Morgan fingerprint density at radius 1 is 1.44 bits per heavy atom. The molecule has 50 valence electrons. The molecular formula is C6H13BN2. The van der Waals surface area contributed by atoms with Crippen LogP contribution in [0.2, 0.25) is 0 Å². The molecule has 0 aromatic rings. The van der Waals surface area contributed by atoms with E-state index in [1.807, 2.05) is 4.81 Å². The number of rotatable bonds is 0. The fraction of sp³-hybridized carbons (Fsp3) is 1.00. The number of hydrogen-bond donors (Lipinski definition) is 0. The first-order chi connectivity index (χ1) is 4.20. The lowest BCUT2D eigenvalue weighted by Crippen LogP contribution is -2.48. The van der Waals surface area contributed by atoms with Crippen LogP contribution in [0.1, 0.15) is 6.92 Å². The average molecular weight is 124 g/mol.